The standard InChI is InChI=1S/C11H15N3O3/c1-2-8-3-12-10(13-4-8)16-6-9-5-14-11(15)17-7-9/h3-4,9H,2,5-7H2,1H3,(H,14,15). The number of carbonyl (C=O) groups excluding carboxylic acids is 1. The Morgan fingerprint density at radius 1 is 1.53 bits per heavy atom. The average Bonchev–Trinajstić information content (AvgIpc) is 2.39. The average molecular weight is 237 g/mol. The van der Waals surface area contributed by atoms with Crippen molar-refractivity contribution < 1.29 is 14.3 Å². The Hall–Kier alpha value is -1.85. The number of amides is 1. The second-order valence-corrected chi connectivity index (χ2v) is 3.88. The zero-order chi connectivity index (χ0) is 12.1. The van der Waals surface area contributed by atoms with Gasteiger partial charge in [-0.2, -0.15) is 0 Å². The third-order valence-corrected chi connectivity index (χ3v) is 2.52. The highest BCUT2D eigenvalue weighted by atomic mass is 16.6. The fourth-order valence-electron chi connectivity index (χ4n) is 1.43. The van der Waals surface area contributed by atoms with Gasteiger partial charge in [-0.1, -0.05) is 6.92 Å². The van der Waals surface area contributed by atoms with Gasteiger partial charge in [-0.05, 0) is 12.0 Å². The van der Waals surface area contributed by atoms with E-state index >= 15 is 0 Å². The molecule has 1 amide bonds. The van der Waals surface area contributed by atoms with Crippen molar-refractivity contribution >= 4 is 6.09 Å². The molecule has 1 aliphatic heterocycles. The summed E-state index contributed by atoms with van der Waals surface area (Å²) in [6.45, 7) is 3.41. The Morgan fingerprint density at radius 3 is 2.88 bits per heavy atom. The van der Waals surface area contributed by atoms with Crippen molar-refractivity contribution in [2.24, 2.45) is 5.92 Å². The first-order valence-electron chi connectivity index (χ1n) is 5.62. The van der Waals surface area contributed by atoms with Crippen molar-refractivity contribution in [3.05, 3.63) is 18.0 Å². The van der Waals surface area contributed by atoms with Gasteiger partial charge in [-0.3, -0.25) is 0 Å². The van der Waals surface area contributed by atoms with Crippen molar-refractivity contribution in [1.82, 2.24) is 15.3 Å². The zero-order valence-electron chi connectivity index (χ0n) is 9.68. The number of alkyl carbamates (subject to hydrolysis) is 1. The molecular formula is C11H15N3O3. The maximum atomic E-state index is 10.8. The summed E-state index contributed by atoms with van der Waals surface area (Å²) < 4.78 is 10.3. The van der Waals surface area contributed by atoms with Crippen LogP contribution in [0.5, 0.6) is 6.01 Å². The van der Waals surface area contributed by atoms with Crippen LogP contribution in [0.3, 0.4) is 0 Å². The van der Waals surface area contributed by atoms with E-state index in [1.165, 1.54) is 0 Å². The molecule has 1 unspecified atom stereocenters. The highest BCUT2D eigenvalue weighted by Gasteiger charge is 2.19. The van der Waals surface area contributed by atoms with Gasteiger partial charge in [0.2, 0.25) is 0 Å². The molecule has 2 heterocycles. The number of hydrogen-bond donors (Lipinski definition) is 1. The third-order valence-electron chi connectivity index (χ3n) is 2.52. The van der Waals surface area contributed by atoms with E-state index in [1.54, 1.807) is 12.4 Å². The smallest absolute Gasteiger partial charge is 0.407 e. The molecule has 0 aliphatic carbocycles. The summed E-state index contributed by atoms with van der Waals surface area (Å²) >= 11 is 0. The lowest BCUT2D eigenvalue weighted by molar-refractivity contribution is 0.0817. The maximum absolute atomic E-state index is 10.8. The number of nitrogens with zero attached hydrogens (tertiary/aromatic N) is 2. The molecule has 6 heteroatoms. The molecule has 0 aromatic carbocycles. The minimum absolute atomic E-state index is 0.141. The van der Waals surface area contributed by atoms with Crippen molar-refractivity contribution in [3.63, 3.8) is 0 Å². The van der Waals surface area contributed by atoms with E-state index in [2.05, 4.69) is 15.3 Å². The van der Waals surface area contributed by atoms with Gasteiger partial charge in [0, 0.05) is 24.9 Å². The monoisotopic (exact) mass is 237 g/mol. The summed E-state index contributed by atoms with van der Waals surface area (Å²) in [6, 6.07) is 0.360. The van der Waals surface area contributed by atoms with Gasteiger partial charge >= 0.3 is 12.1 Å². The first-order chi connectivity index (χ1) is 8.28. The van der Waals surface area contributed by atoms with Gasteiger partial charge in [-0.25, -0.2) is 14.8 Å². The van der Waals surface area contributed by atoms with Crippen LogP contribution in [0.4, 0.5) is 4.79 Å². The highest BCUT2D eigenvalue weighted by Crippen LogP contribution is 2.07. The van der Waals surface area contributed by atoms with Crippen LogP contribution in [0.15, 0.2) is 12.4 Å². The number of carbonyl (C=O) groups is 1. The van der Waals surface area contributed by atoms with E-state index < -0.39 is 0 Å². The van der Waals surface area contributed by atoms with Crippen LogP contribution in [0.1, 0.15) is 12.5 Å². The summed E-state index contributed by atoms with van der Waals surface area (Å²) in [4.78, 5) is 18.9. The lowest BCUT2D eigenvalue weighted by Gasteiger charge is -2.22. The molecule has 1 aromatic rings. The first-order valence-corrected chi connectivity index (χ1v) is 5.62. The molecule has 1 aliphatic rings. The molecule has 1 saturated heterocycles. The topological polar surface area (TPSA) is 73.3 Å². The lowest BCUT2D eigenvalue weighted by atomic mass is 10.1. The third kappa shape index (κ3) is 3.30. The SMILES string of the molecule is CCc1cnc(OCC2CNC(=O)OC2)nc1. The molecule has 1 N–H and O–H groups in total. The summed E-state index contributed by atoms with van der Waals surface area (Å²) in [7, 11) is 0. The van der Waals surface area contributed by atoms with Gasteiger partial charge < -0.3 is 14.8 Å². The Morgan fingerprint density at radius 2 is 2.29 bits per heavy atom. The number of nitrogens with one attached hydrogen (secondary N) is 1. The molecule has 92 valence electrons. The molecule has 1 atom stereocenters. The molecule has 2 rings (SSSR count). The van der Waals surface area contributed by atoms with Gasteiger partial charge in [0.1, 0.15) is 6.61 Å². The van der Waals surface area contributed by atoms with E-state index in [0.717, 1.165) is 12.0 Å². The first kappa shape index (κ1) is 11.6. The van der Waals surface area contributed by atoms with E-state index in [9.17, 15) is 4.79 Å². The van der Waals surface area contributed by atoms with Crippen LogP contribution in [0.2, 0.25) is 0 Å². The minimum atomic E-state index is -0.371. The minimum Gasteiger partial charge on any atom is -0.463 e. The fourth-order valence-corrected chi connectivity index (χ4v) is 1.43. The Kier molecular flexibility index (Phi) is 3.74. The Labute approximate surface area is 99.4 Å². The molecule has 0 radical (unpaired) electrons. The summed E-state index contributed by atoms with van der Waals surface area (Å²) in [5, 5.41) is 2.60. The summed E-state index contributed by atoms with van der Waals surface area (Å²) in [6.07, 6.45) is 4.04. The molecule has 6 nitrogen and oxygen atoms in total. The van der Waals surface area contributed by atoms with Crippen LogP contribution in [-0.4, -0.2) is 35.8 Å². The predicted octanol–water partition coefficient (Wildman–Crippen LogP) is 0.774. The van der Waals surface area contributed by atoms with E-state index in [4.69, 9.17) is 9.47 Å². The van der Waals surface area contributed by atoms with Gasteiger partial charge in [0.15, 0.2) is 0 Å². The number of hydrogen-bond acceptors (Lipinski definition) is 5. The molecule has 0 spiro atoms. The van der Waals surface area contributed by atoms with E-state index in [1.807, 2.05) is 6.92 Å². The van der Waals surface area contributed by atoms with Crippen LogP contribution < -0.4 is 10.1 Å². The van der Waals surface area contributed by atoms with Crippen LogP contribution in [-0.2, 0) is 11.2 Å². The quantitative estimate of drug-likeness (QED) is 0.837. The molecule has 1 aromatic heterocycles. The van der Waals surface area contributed by atoms with Gasteiger partial charge in [-0.15, -0.1) is 0 Å². The van der Waals surface area contributed by atoms with Gasteiger partial charge in [0.25, 0.3) is 0 Å². The van der Waals surface area contributed by atoms with Crippen molar-refractivity contribution in [2.45, 2.75) is 13.3 Å². The number of rotatable bonds is 4. The second-order valence-electron chi connectivity index (χ2n) is 3.88. The number of aromatic nitrogens is 2. The second kappa shape index (κ2) is 5.47. The van der Waals surface area contributed by atoms with Crippen molar-refractivity contribution in [2.75, 3.05) is 19.8 Å². The van der Waals surface area contributed by atoms with Crippen molar-refractivity contribution in [1.29, 1.82) is 0 Å². The molecule has 0 bridgehead atoms. The van der Waals surface area contributed by atoms with Crippen LogP contribution in [0, 0.1) is 5.92 Å². The number of ether oxygens (including phenoxy) is 2. The molecule has 0 saturated carbocycles. The fraction of sp³-hybridized carbons (Fsp3) is 0.545. The molecular weight excluding hydrogens is 222 g/mol. The number of cyclic esters (lactones) is 1. The maximum Gasteiger partial charge on any atom is 0.407 e. The van der Waals surface area contributed by atoms with E-state index in [0.29, 0.717) is 25.8 Å². The van der Waals surface area contributed by atoms with Crippen LogP contribution >= 0.6 is 0 Å². The van der Waals surface area contributed by atoms with Crippen molar-refractivity contribution in [3.8, 4) is 6.01 Å². The normalized spacial score (nSPS) is 19.4. The molecule has 1 fully saturated rings. The summed E-state index contributed by atoms with van der Waals surface area (Å²) in [5.41, 5.74) is 1.07. The largest absolute Gasteiger partial charge is 0.463 e. The molecule has 17 heavy (non-hydrogen) atoms. The zero-order valence-corrected chi connectivity index (χ0v) is 9.68. The Balaban J connectivity index is 1.79. The van der Waals surface area contributed by atoms with Gasteiger partial charge in [0.05, 0.1) is 6.61 Å². The lowest BCUT2D eigenvalue weighted by Crippen LogP contribution is -2.41. The van der Waals surface area contributed by atoms with Crippen LogP contribution in [0.25, 0.3) is 0 Å². The summed E-state index contributed by atoms with van der Waals surface area (Å²) in [5.74, 6) is 0.141. The number of aryl methyl sites for hydroxylation is 1. The Bertz CT molecular complexity index is 370. The highest BCUT2D eigenvalue weighted by molar-refractivity contribution is 5.67. The predicted molar refractivity (Wildman–Crippen MR) is 59.7 cm³/mol. The van der Waals surface area contributed by atoms with E-state index in [-0.39, 0.29) is 12.0 Å².